The van der Waals surface area contributed by atoms with Crippen molar-refractivity contribution in [3.05, 3.63) is 72.9 Å². The van der Waals surface area contributed by atoms with Crippen molar-refractivity contribution < 1.29 is 43.0 Å². The Morgan fingerprint density at radius 3 is 1.43 bits per heavy atom. The first kappa shape index (κ1) is 53.9. The molecule has 0 amide bonds. The Morgan fingerprint density at radius 1 is 0.571 bits per heavy atom. The van der Waals surface area contributed by atoms with Crippen molar-refractivity contribution in [1.29, 1.82) is 0 Å². The van der Waals surface area contributed by atoms with Crippen LogP contribution in [0.5, 0.6) is 0 Å². The SMILES string of the molecule is CC/C=C\C/C=C\C/C=C\C/C=C\C/C=C\C/C=C\CCC(=O)O[C@H](COCCCCCCCCCCCCCCCCCC)COP(=O)(O)OC[C@@H](O)CO. The molecule has 1 unspecified atom stereocenters. The van der Waals surface area contributed by atoms with Crippen molar-refractivity contribution in [2.45, 2.75) is 180 Å². The van der Waals surface area contributed by atoms with Crippen molar-refractivity contribution in [1.82, 2.24) is 0 Å². The van der Waals surface area contributed by atoms with Crippen LogP contribution in [0.15, 0.2) is 72.9 Å². The van der Waals surface area contributed by atoms with E-state index in [-0.39, 0.29) is 13.0 Å². The number of aliphatic hydroxyl groups is 2. The van der Waals surface area contributed by atoms with Crippen LogP contribution in [0.2, 0.25) is 0 Å². The Balaban J connectivity index is 4.30. The molecule has 10 heteroatoms. The van der Waals surface area contributed by atoms with Gasteiger partial charge in [0, 0.05) is 13.0 Å². The zero-order valence-corrected chi connectivity index (χ0v) is 36.2. The van der Waals surface area contributed by atoms with Crippen LogP contribution in [-0.2, 0) is 27.9 Å². The molecule has 0 aromatic heterocycles. The maximum atomic E-state index is 12.6. The van der Waals surface area contributed by atoms with Gasteiger partial charge in [0.2, 0.25) is 0 Å². The number of rotatable bonds is 41. The molecule has 0 radical (unpaired) electrons. The molecule has 3 atom stereocenters. The Morgan fingerprint density at radius 2 is 0.982 bits per heavy atom. The fourth-order valence-corrected chi connectivity index (χ4v) is 6.41. The van der Waals surface area contributed by atoms with E-state index in [9.17, 15) is 19.4 Å². The number of esters is 1. The molecular weight excluding hydrogens is 727 g/mol. The average Bonchev–Trinajstić information content (AvgIpc) is 3.19. The number of unbranched alkanes of at least 4 members (excludes halogenated alkanes) is 15. The average molecular weight is 809 g/mol. The van der Waals surface area contributed by atoms with E-state index in [0.29, 0.717) is 13.0 Å². The summed E-state index contributed by atoms with van der Waals surface area (Å²) in [4.78, 5) is 22.5. The van der Waals surface area contributed by atoms with Crippen LogP contribution in [0.25, 0.3) is 0 Å². The molecule has 0 aliphatic carbocycles. The van der Waals surface area contributed by atoms with E-state index < -0.39 is 45.8 Å². The number of carbonyl (C=O) groups excluding carboxylic acids is 1. The third kappa shape index (κ3) is 41.5. The molecule has 0 saturated heterocycles. The van der Waals surface area contributed by atoms with Crippen LogP contribution in [0.4, 0.5) is 0 Å². The number of phosphoric ester groups is 1. The Labute approximate surface area is 342 Å². The predicted octanol–water partition coefficient (Wildman–Crippen LogP) is 12.1. The molecule has 0 rings (SSSR count). The Kier molecular flexibility index (Phi) is 40.9. The molecule has 0 aromatic rings. The van der Waals surface area contributed by atoms with Crippen molar-refractivity contribution in [2.24, 2.45) is 0 Å². The first-order valence-corrected chi connectivity index (χ1v) is 23.4. The summed E-state index contributed by atoms with van der Waals surface area (Å²) in [5.41, 5.74) is 0. The van der Waals surface area contributed by atoms with Crippen LogP contribution in [0.3, 0.4) is 0 Å². The largest absolute Gasteiger partial charge is 0.472 e. The summed E-state index contributed by atoms with van der Waals surface area (Å²) in [6.07, 6.45) is 50.2. The summed E-state index contributed by atoms with van der Waals surface area (Å²) >= 11 is 0. The van der Waals surface area contributed by atoms with E-state index in [4.69, 9.17) is 23.6 Å². The second-order valence-electron chi connectivity index (χ2n) is 14.3. The molecule has 0 heterocycles. The first-order chi connectivity index (χ1) is 27.3. The second-order valence-corrected chi connectivity index (χ2v) is 15.8. The van der Waals surface area contributed by atoms with Crippen molar-refractivity contribution in [2.75, 3.05) is 33.0 Å². The van der Waals surface area contributed by atoms with Gasteiger partial charge in [0.25, 0.3) is 0 Å². The fraction of sp³-hybridized carbons (Fsp3) is 0.717. The minimum absolute atomic E-state index is 0.0175. The number of phosphoric acid groups is 1. The number of carbonyl (C=O) groups is 1. The fourth-order valence-electron chi connectivity index (χ4n) is 5.62. The standard InChI is InChI=1S/C46H81O9P/c1-3-5-7-9-11-13-15-17-19-21-22-23-24-26-28-30-32-34-36-38-46(49)55-45(43-54-56(50,51)53-41-44(48)40-47)42-52-39-37-35-33-31-29-27-25-20-18-16-14-12-10-8-6-4-2/h5,7,11,13,17,19,22-23,26,28,32,34,44-45,47-48H,3-4,6,8-10,12,14-16,18,20-21,24-25,27,29-31,33,35-43H2,1-2H3,(H,50,51)/b7-5-,13-11-,19-17-,23-22-,28-26-,34-32-/t44-,45+/m0/s1. The Hall–Kier alpha value is -2.10. The third-order valence-corrected chi connectivity index (χ3v) is 9.87. The second kappa shape index (κ2) is 42.5. The quantitative estimate of drug-likeness (QED) is 0.0239. The Bertz CT molecular complexity index is 1100. The number of allylic oxidation sites excluding steroid dienone is 12. The van der Waals surface area contributed by atoms with Gasteiger partial charge in [0.1, 0.15) is 12.2 Å². The topological polar surface area (TPSA) is 132 Å². The zero-order valence-electron chi connectivity index (χ0n) is 35.3. The number of aliphatic hydroxyl groups excluding tert-OH is 2. The molecule has 3 N–H and O–H groups in total. The minimum Gasteiger partial charge on any atom is -0.457 e. The van der Waals surface area contributed by atoms with Gasteiger partial charge in [0.05, 0.1) is 26.4 Å². The van der Waals surface area contributed by atoms with Gasteiger partial charge >= 0.3 is 13.8 Å². The van der Waals surface area contributed by atoms with Gasteiger partial charge in [-0.05, 0) is 51.4 Å². The van der Waals surface area contributed by atoms with Crippen LogP contribution in [-0.4, -0.2) is 66.3 Å². The highest BCUT2D eigenvalue weighted by Gasteiger charge is 2.26. The molecule has 0 aromatic carbocycles. The molecule has 0 aliphatic rings. The van der Waals surface area contributed by atoms with Gasteiger partial charge in [-0.3, -0.25) is 13.8 Å². The molecule has 56 heavy (non-hydrogen) atoms. The zero-order chi connectivity index (χ0) is 41.1. The normalized spacial score (nSPS) is 14.7. The number of ether oxygens (including phenoxy) is 2. The summed E-state index contributed by atoms with van der Waals surface area (Å²) in [5.74, 6) is -0.464. The van der Waals surface area contributed by atoms with Crippen LogP contribution in [0.1, 0.15) is 168 Å². The van der Waals surface area contributed by atoms with E-state index in [1.54, 1.807) is 0 Å². The number of hydrogen-bond donors (Lipinski definition) is 3. The van der Waals surface area contributed by atoms with Crippen molar-refractivity contribution in [3.63, 3.8) is 0 Å². The lowest BCUT2D eigenvalue weighted by molar-refractivity contribution is -0.154. The molecule has 9 nitrogen and oxygen atoms in total. The molecule has 0 aliphatic heterocycles. The smallest absolute Gasteiger partial charge is 0.457 e. The summed E-state index contributed by atoms with van der Waals surface area (Å²) in [6.45, 7) is 3.30. The lowest BCUT2D eigenvalue weighted by Gasteiger charge is -2.20. The summed E-state index contributed by atoms with van der Waals surface area (Å²) < 4.78 is 33.3. The summed E-state index contributed by atoms with van der Waals surface area (Å²) in [7, 11) is -4.54. The molecule has 0 saturated carbocycles. The van der Waals surface area contributed by atoms with E-state index >= 15 is 0 Å². The van der Waals surface area contributed by atoms with Gasteiger partial charge in [0.15, 0.2) is 0 Å². The monoisotopic (exact) mass is 809 g/mol. The highest BCUT2D eigenvalue weighted by atomic mass is 31.2. The minimum atomic E-state index is -4.54. The predicted molar refractivity (Wildman–Crippen MR) is 233 cm³/mol. The lowest BCUT2D eigenvalue weighted by atomic mass is 10.0. The third-order valence-electron chi connectivity index (χ3n) is 8.92. The van der Waals surface area contributed by atoms with Crippen LogP contribution >= 0.6 is 7.82 Å². The highest BCUT2D eigenvalue weighted by molar-refractivity contribution is 7.47. The molecule has 0 spiro atoms. The molecule has 324 valence electrons. The first-order valence-electron chi connectivity index (χ1n) is 21.9. The molecular formula is C46H81O9P. The summed E-state index contributed by atoms with van der Waals surface area (Å²) in [5, 5.41) is 18.3. The van der Waals surface area contributed by atoms with Gasteiger partial charge < -0.3 is 24.6 Å². The van der Waals surface area contributed by atoms with E-state index in [2.05, 4.69) is 74.6 Å². The van der Waals surface area contributed by atoms with Gasteiger partial charge in [-0.1, -0.05) is 183 Å². The highest BCUT2D eigenvalue weighted by Crippen LogP contribution is 2.43. The van der Waals surface area contributed by atoms with Gasteiger partial charge in [-0.2, -0.15) is 0 Å². The van der Waals surface area contributed by atoms with Gasteiger partial charge in [-0.15, -0.1) is 0 Å². The van der Waals surface area contributed by atoms with Crippen LogP contribution in [0, 0.1) is 0 Å². The van der Waals surface area contributed by atoms with E-state index in [1.807, 2.05) is 12.2 Å². The number of hydrogen-bond acceptors (Lipinski definition) is 8. The van der Waals surface area contributed by atoms with Crippen LogP contribution < -0.4 is 0 Å². The van der Waals surface area contributed by atoms with E-state index in [1.165, 1.54) is 83.5 Å². The molecule has 0 bridgehead atoms. The van der Waals surface area contributed by atoms with Crippen molar-refractivity contribution >= 4 is 13.8 Å². The maximum Gasteiger partial charge on any atom is 0.472 e. The maximum absolute atomic E-state index is 12.6. The van der Waals surface area contributed by atoms with E-state index in [0.717, 1.165) is 57.8 Å². The van der Waals surface area contributed by atoms with Crippen molar-refractivity contribution in [3.8, 4) is 0 Å². The van der Waals surface area contributed by atoms with Gasteiger partial charge in [-0.25, -0.2) is 4.57 Å². The molecule has 0 fully saturated rings. The lowest BCUT2D eigenvalue weighted by Crippen LogP contribution is -2.29. The summed E-state index contributed by atoms with van der Waals surface area (Å²) in [6, 6.07) is 0.